The Kier molecular flexibility index (Phi) is 9.15. The SMILES string of the molecule is COc1cc(/C=c2/sc3n(c2=O)[C@H](c2ccc(F)cc2)C(C(=O)Nc2ccccc2)=C(C)N=3)cc(Br)c1OCc1ccc(C#N)cc1. The largest absolute Gasteiger partial charge is 0.493 e. The predicted octanol–water partition coefficient (Wildman–Crippen LogP) is 6.23. The molecule has 0 radical (unpaired) electrons. The second kappa shape index (κ2) is 13.6. The quantitative estimate of drug-likeness (QED) is 0.206. The first-order valence-electron chi connectivity index (χ1n) is 14.4. The van der Waals surface area contributed by atoms with Gasteiger partial charge in [-0.1, -0.05) is 53.8 Å². The molecule has 4 aromatic carbocycles. The molecule has 0 saturated heterocycles. The first-order valence-corrected chi connectivity index (χ1v) is 16.0. The van der Waals surface area contributed by atoms with Crippen LogP contribution in [0.25, 0.3) is 6.08 Å². The van der Waals surface area contributed by atoms with Crippen molar-refractivity contribution < 1.29 is 18.7 Å². The minimum atomic E-state index is -0.836. The second-order valence-electron chi connectivity index (χ2n) is 10.6. The fourth-order valence-electron chi connectivity index (χ4n) is 5.24. The third-order valence-corrected chi connectivity index (χ3v) is 9.07. The lowest BCUT2D eigenvalue weighted by molar-refractivity contribution is -0.113. The normalized spacial score (nSPS) is 14.2. The van der Waals surface area contributed by atoms with Crippen LogP contribution < -0.4 is 29.7 Å². The van der Waals surface area contributed by atoms with Crippen molar-refractivity contribution in [2.24, 2.45) is 4.99 Å². The summed E-state index contributed by atoms with van der Waals surface area (Å²) < 4.78 is 28.1. The standard InChI is InChI=1S/C36H26BrFN4O4S/c1-21-31(34(43)41-27-6-4-3-5-7-27)32(25-12-14-26(38)15-13-25)42-35(44)30(47-36(42)40-21)18-24-16-28(37)33(29(17-24)45-2)46-20-23-10-8-22(19-39)9-11-23/h3-18,32H,20H2,1-2H3,(H,41,43)/b30-18+/t32-/m1/s1. The summed E-state index contributed by atoms with van der Waals surface area (Å²) in [6, 6.07) is 26.7. The number of nitrogens with zero attached hydrogens (tertiary/aromatic N) is 3. The molecular formula is C36H26BrFN4O4S. The van der Waals surface area contributed by atoms with E-state index in [4.69, 9.17) is 14.7 Å². The molecule has 0 aliphatic carbocycles. The van der Waals surface area contributed by atoms with Crippen molar-refractivity contribution in [3.63, 3.8) is 0 Å². The van der Waals surface area contributed by atoms with Crippen LogP contribution in [-0.2, 0) is 11.4 Å². The van der Waals surface area contributed by atoms with Crippen LogP contribution in [0.5, 0.6) is 11.5 Å². The lowest BCUT2D eigenvalue weighted by Gasteiger charge is -2.25. The van der Waals surface area contributed by atoms with Crippen molar-refractivity contribution in [2.45, 2.75) is 19.6 Å². The second-order valence-corrected chi connectivity index (χ2v) is 12.4. The number of nitriles is 1. The molecule has 1 aromatic heterocycles. The van der Waals surface area contributed by atoms with Gasteiger partial charge in [0.15, 0.2) is 16.3 Å². The van der Waals surface area contributed by atoms with E-state index in [1.54, 1.807) is 55.5 Å². The monoisotopic (exact) mass is 708 g/mol. The molecule has 2 heterocycles. The molecule has 0 fully saturated rings. The molecule has 5 aromatic rings. The Morgan fingerprint density at radius 3 is 2.51 bits per heavy atom. The van der Waals surface area contributed by atoms with Crippen molar-refractivity contribution in [1.82, 2.24) is 4.57 Å². The number of carbonyl (C=O) groups is 1. The van der Waals surface area contributed by atoms with E-state index in [0.29, 0.717) is 53.4 Å². The van der Waals surface area contributed by atoms with Crippen LogP contribution in [0.2, 0.25) is 0 Å². The minimum Gasteiger partial charge on any atom is -0.493 e. The topological polar surface area (TPSA) is 106 Å². The van der Waals surface area contributed by atoms with Crippen molar-refractivity contribution in [3.05, 3.63) is 154 Å². The summed E-state index contributed by atoms with van der Waals surface area (Å²) in [4.78, 5) is 32.9. The zero-order valence-electron chi connectivity index (χ0n) is 25.2. The van der Waals surface area contributed by atoms with Gasteiger partial charge in [-0.15, -0.1) is 0 Å². The third-order valence-electron chi connectivity index (χ3n) is 7.50. The lowest BCUT2D eigenvalue weighted by Crippen LogP contribution is -2.40. The molecule has 234 valence electrons. The molecule has 0 unspecified atom stereocenters. The number of rotatable bonds is 8. The number of allylic oxidation sites excluding steroid dienone is 1. The maximum Gasteiger partial charge on any atom is 0.271 e. The molecule has 1 amide bonds. The molecule has 47 heavy (non-hydrogen) atoms. The van der Waals surface area contributed by atoms with Crippen LogP contribution in [0.1, 0.15) is 35.2 Å². The molecule has 6 rings (SSSR count). The zero-order chi connectivity index (χ0) is 33.1. The highest BCUT2D eigenvalue weighted by molar-refractivity contribution is 9.10. The van der Waals surface area contributed by atoms with Crippen molar-refractivity contribution in [1.29, 1.82) is 5.26 Å². The van der Waals surface area contributed by atoms with Gasteiger partial charge in [-0.25, -0.2) is 9.38 Å². The molecule has 11 heteroatoms. The number of methoxy groups -OCH3 is 1. The smallest absolute Gasteiger partial charge is 0.271 e. The highest BCUT2D eigenvalue weighted by atomic mass is 79.9. The number of carbonyl (C=O) groups excluding carboxylic acids is 1. The fraction of sp³-hybridized carbons (Fsp3) is 0.111. The molecule has 0 bridgehead atoms. The minimum absolute atomic E-state index is 0.252. The van der Waals surface area contributed by atoms with Gasteiger partial charge in [-0.2, -0.15) is 5.26 Å². The average Bonchev–Trinajstić information content (AvgIpc) is 3.37. The van der Waals surface area contributed by atoms with Crippen LogP contribution in [0, 0.1) is 17.1 Å². The number of anilines is 1. The van der Waals surface area contributed by atoms with E-state index in [1.165, 1.54) is 35.1 Å². The number of hydrogen-bond donors (Lipinski definition) is 1. The summed E-state index contributed by atoms with van der Waals surface area (Å²) in [5.41, 5.74) is 3.66. The van der Waals surface area contributed by atoms with Gasteiger partial charge in [-0.05, 0) is 94.2 Å². The van der Waals surface area contributed by atoms with Gasteiger partial charge < -0.3 is 14.8 Å². The molecule has 0 spiro atoms. The molecule has 8 nitrogen and oxygen atoms in total. The number of hydrogen-bond acceptors (Lipinski definition) is 7. The molecular weight excluding hydrogens is 683 g/mol. The number of ether oxygens (including phenoxy) is 2. The lowest BCUT2D eigenvalue weighted by atomic mass is 9.95. The van der Waals surface area contributed by atoms with E-state index >= 15 is 0 Å². The summed E-state index contributed by atoms with van der Waals surface area (Å²) in [5.74, 6) is 0.0933. The highest BCUT2D eigenvalue weighted by Gasteiger charge is 2.32. The maximum absolute atomic E-state index is 14.1. The number of thiazole rings is 1. The number of nitrogens with one attached hydrogen (secondary N) is 1. The number of fused-ring (bicyclic) bond motifs is 1. The first kappa shape index (κ1) is 31.7. The summed E-state index contributed by atoms with van der Waals surface area (Å²) in [6.07, 6.45) is 1.73. The number of aromatic nitrogens is 1. The Morgan fingerprint density at radius 2 is 1.83 bits per heavy atom. The molecule has 1 atom stereocenters. The van der Waals surface area contributed by atoms with Gasteiger partial charge >= 0.3 is 0 Å². The summed E-state index contributed by atoms with van der Waals surface area (Å²) in [6.45, 7) is 1.98. The summed E-state index contributed by atoms with van der Waals surface area (Å²) >= 11 is 4.77. The van der Waals surface area contributed by atoms with E-state index in [2.05, 4.69) is 32.3 Å². The first-order chi connectivity index (χ1) is 22.7. The van der Waals surface area contributed by atoms with Crippen LogP contribution in [0.4, 0.5) is 10.1 Å². The molecule has 1 aliphatic heterocycles. The summed E-state index contributed by atoms with van der Waals surface area (Å²) in [7, 11) is 1.53. The Bertz CT molecular complexity index is 2240. The van der Waals surface area contributed by atoms with Crippen molar-refractivity contribution >= 4 is 44.9 Å². The van der Waals surface area contributed by atoms with Gasteiger partial charge in [0.2, 0.25) is 0 Å². The van der Waals surface area contributed by atoms with Crippen molar-refractivity contribution in [2.75, 3.05) is 12.4 Å². The Labute approximate surface area is 281 Å². The van der Waals surface area contributed by atoms with E-state index < -0.39 is 17.8 Å². The zero-order valence-corrected chi connectivity index (χ0v) is 27.6. The molecule has 1 N–H and O–H groups in total. The highest BCUT2D eigenvalue weighted by Crippen LogP contribution is 2.37. The van der Waals surface area contributed by atoms with E-state index in [-0.39, 0.29) is 17.7 Å². The van der Waals surface area contributed by atoms with E-state index in [9.17, 15) is 14.0 Å². The number of halogens is 2. The summed E-state index contributed by atoms with van der Waals surface area (Å²) in [5, 5.41) is 11.9. The van der Waals surface area contributed by atoms with E-state index in [0.717, 1.165) is 5.56 Å². The fourth-order valence-corrected chi connectivity index (χ4v) is 6.86. The maximum atomic E-state index is 14.1. The Hall–Kier alpha value is -5.31. The average molecular weight is 710 g/mol. The van der Waals surface area contributed by atoms with Crippen molar-refractivity contribution in [3.8, 4) is 17.6 Å². The molecule has 0 saturated carbocycles. The Balaban J connectivity index is 1.38. The van der Waals surface area contributed by atoms with Gasteiger partial charge in [0.1, 0.15) is 12.4 Å². The molecule has 1 aliphatic rings. The van der Waals surface area contributed by atoms with Gasteiger partial charge in [0, 0.05) is 5.69 Å². The van der Waals surface area contributed by atoms with Crippen LogP contribution >= 0.6 is 27.3 Å². The van der Waals surface area contributed by atoms with Crippen LogP contribution in [0.15, 0.2) is 117 Å². The van der Waals surface area contributed by atoms with Crippen LogP contribution in [0.3, 0.4) is 0 Å². The number of para-hydroxylation sites is 1. The van der Waals surface area contributed by atoms with Gasteiger partial charge in [-0.3, -0.25) is 14.2 Å². The number of amides is 1. The van der Waals surface area contributed by atoms with Gasteiger partial charge in [0.05, 0.1) is 45.1 Å². The van der Waals surface area contributed by atoms with Gasteiger partial charge in [0.25, 0.3) is 11.5 Å². The van der Waals surface area contributed by atoms with E-state index in [1.807, 2.05) is 36.4 Å². The Morgan fingerprint density at radius 1 is 1.11 bits per heavy atom. The van der Waals surface area contributed by atoms with Crippen LogP contribution in [-0.4, -0.2) is 17.6 Å². The third kappa shape index (κ3) is 6.65. The number of benzene rings is 4. The predicted molar refractivity (Wildman–Crippen MR) is 181 cm³/mol.